The topological polar surface area (TPSA) is 56.8 Å². The molecule has 0 spiro atoms. The van der Waals surface area contributed by atoms with Crippen molar-refractivity contribution in [1.29, 1.82) is 0 Å². The minimum absolute atomic E-state index is 0.104. The molecule has 0 unspecified atom stereocenters. The maximum Gasteiger partial charge on any atom is 0.251 e. The SMILES string of the molecule is CCCOc1c(Cl)cc(C(=O)N[C@@H]2CCOc3ccccc32)cc1OCC. The number of amides is 1. The van der Waals surface area contributed by atoms with Crippen LogP contribution in [0, 0.1) is 0 Å². The Morgan fingerprint density at radius 1 is 1.26 bits per heavy atom. The van der Waals surface area contributed by atoms with Crippen molar-refractivity contribution < 1.29 is 19.0 Å². The van der Waals surface area contributed by atoms with Gasteiger partial charge in [-0.15, -0.1) is 0 Å². The van der Waals surface area contributed by atoms with E-state index in [4.69, 9.17) is 25.8 Å². The average Bonchev–Trinajstić information content (AvgIpc) is 2.67. The Labute approximate surface area is 164 Å². The molecule has 0 bridgehead atoms. The predicted octanol–water partition coefficient (Wildman–Crippen LogP) is 4.78. The van der Waals surface area contributed by atoms with Crippen LogP contribution in [0.4, 0.5) is 0 Å². The number of carbonyl (C=O) groups excluding carboxylic acids is 1. The van der Waals surface area contributed by atoms with Crippen LogP contribution in [0.1, 0.15) is 48.7 Å². The van der Waals surface area contributed by atoms with E-state index in [0.717, 1.165) is 17.7 Å². The van der Waals surface area contributed by atoms with Crippen molar-refractivity contribution in [3.8, 4) is 17.2 Å². The molecule has 5 nitrogen and oxygen atoms in total. The Bertz CT molecular complexity index is 809. The lowest BCUT2D eigenvalue weighted by molar-refractivity contribution is 0.0924. The zero-order valence-corrected chi connectivity index (χ0v) is 16.3. The zero-order valence-electron chi connectivity index (χ0n) is 15.6. The van der Waals surface area contributed by atoms with Gasteiger partial charge in [-0.05, 0) is 31.5 Å². The summed E-state index contributed by atoms with van der Waals surface area (Å²) < 4.78 is 17.0. The van der Waals surface area contributed by atoms with E-state index < -0.39 is 0 Å². The number of para-hydroxylation sites is 1. The van der Waals surface area contributed by atoms with E-state index in [1.807, 2.05) is 38.1 Å². The molecule has 1 N–H and O–H groups in total. The monoisotopic (exact) mass is 389 g/mol. The average molecular weight is 390 g/mol. The first-order valence-electron chi connectivity index (χ1n) is 9.25. The van der Waals surface area contributed by atoms with Gasteiger partial charge in [0.05, 0.1) is 30.9 Å². The molecule has 3 rings (SSSR count). The number of ether oxygens (including phenoxy) is 3. The van der Waals surface area contributed by atoms with Gasteiger partial charge in [-0.1, -0.05) is 36.7 Å². The molecule has 0 aromatic heterocycles. The second-order valence-electron chi connectivity index (χ2n) is 6.27. The lowest BCUT2D eigenvalue weighted by atomic mass is 10.00. The van der Waals surface area contributed by atoms with Crippen LogP contribution < -0.4 is 19.5 Å². The second-order valence-corrected chi connectivity index (χ2v) is 6.68. The number of hydrogen-bond acceptors (Lipinski definition) is 4. The maximum absolute atomic E-state index is 12.8. The second kappa shape index (κ2) is 9.00. The number of rotatable bonds is 7. The lowest BCUT2D eigenvalue weighted by Crippen LogP contribution is -2.32. The quantitative estimate of drug-likeness (QED) is 0.740. The number of nitrogens with one attached hydrogen (secondary N) is 1. The van der Waals surface area contributed by atoms with Gasteiger partial charge >= 0.3 is 0 Å². The van der Waals surface area contributed by atoms with Gasteiger partial charge in [0.15, 0.2) is 11.5 Å². The van der Waals surface area contributed by atoms with Gasteiger partial charge in [-0.25, -0.2) is 0 Å². The van der Waals surface area contributed by atoms with Crippen molar-refractivity contribution in [1.82, 2.24) is 5.32 Å². The summed E-state index contributed by atoms with van der Waals surface area (Å²) in [5.41, 5.74) is 1.42. The highest BCUT2D eigenvalue weighted by Crippen LogP contribution is 2.37. The van der Waals surface area contributed by atoms with Gasteiger partial charge in [-0.2, -0.15) is 0 Å². The molecular formula is C21H24ClNO4. The third-order valence-corrected chi connectivity index (χ3v) is 4.57. The van der Waals surface area contributed by atoms with E-state index >= 15 is 0 Å². The van der Waals surface area contributed by atoms with Crippen molar-refractivity contribution in [2.45, 2.75) is 32.7 Å². The standard InChI is InChI=1S/C21H24ClNO4/c1-3-10-27-20-16(22)12-14(13-19(20)25-4-2)21(24)23-17-9-11-26-18-8-6-5-7-15(17)18/h5-8,12-13,17H,3-4,9-11H2,1-2H3,(H,23,24)/t17-/m1/s1. The summed E-state index contributed by atoms with van der Waals surface area (Å²) in [5, 5.41) is 3.44. The Hall–Kier alpha value is -2.40. The molecule has 0 saturated heterocycles. The minimum atomic E-state index is -0.207. The van der Waals surface area contributed by atoms with E-state index in [1.54, 1.807) is 12.1 Å². The van der Waals surface area contributed by atoms with Crippen LogP contribution in [-0.4, -0.2) is 25.7 Å². The smallest absolute Gasteiger partial charge is 0.251 e. The van der Waals surface area contributed by atoms with Crippen LogP contribution in [-0.2, 0) is 0 Å². The van der Waals surface area contributed by atoms with Crippen LogP contribution >= 0.6 is 11.6 Å². The Morgan fingerprint density at radius 3 is 2.85 bits per heavy atom. The van der Waals surface area contributed by atoms with Crippen molar-refractivity contribution >= 4 is 17.5 Å². The summed E-state index contributed by atoms with van der Waals surface area (Å²) in [6.45, 7) is 5.45. The van der Waals surface area contributed by atoms with Crippen molar-refractivity contribution in [2.24, 2.45) is 0 Å². The largest absolute Gasteiger partial charge is 0.493 e. The third kappa shape index (κ3) is 4.48. The van der Waals surface area contributed by atoms with Gasteiger partial charge in [0.25, 0.3) is 5.91 Å². The van der Waals surface area contributed by atoms with E-state index in [0.29, 0.717) is 48.3 Å². The molecule has 0 aliphatic carbocycles. The van der Waals surface area contributed by atoms with Gasteiger partial charge in [0.2, 0.25) is 0 Å². The number of benzene rings is 2. The van der Waals surface area contributed by atoms with E-state index in [9.17, 15) is 4.79 Å². The Kier molecular flexibility index (Phi) is 6.45. The zero-order chi connectivity index (χ0) is 19.2. The van der Waals surface area contributed by atoms with Crippen molar-refractivity contribution in [3.63, 3.8) is 0 Å². The molecule has 1 atom stereocenters. The molecule has 1 aliphatic heterocycles. The van der Waals surface area contributed by atoms with Crippen LogP contribution in [0.3, 0.4) is 0 Å². The van der Waals surface area contributed by atoms with Crippen LogP contribution in [0.5, 0.6) is 17.2 Å². The Morgan fingerprint density at radius 2 is 2.07 bits per heavy atom. The van der Waals surface area contributed by atoms with Crippen LogP contribution in [0.2, 0.25) is 5.02 Å². The van der Waals surface area contributed by atoms with Crippen molar-refractivity contribution in [2.75, 3.05) is 19.8 Å². The first-order valence-corrected chi connectivity index (χ1v) is 9.63. The molecule has 1 heterocycles. The molecule has 1 aliphatic rings. The summed E-state index contributed by atoms with van der Waals surface area (Å²) in [5.74, 6) is 1.57. The van der Waals surface area contributed by atoms with Gasteiger partial charge < -0.3 is 19.5 Å². The number of halogens is 1. The number of hydrogen-bond donors (Lipinski definition) is 1. The fourth-order valence-corrected chi connectivity index (χ4v) is 3.31. The summed E-state index contributed by atoms with van der Waals surface area (Å²) >= 11 is 6.37. The Balaban J connectivity index is 1.83. The summed E-state index contributed by atoms with van der Waals surface area (Å²) in [7, 11) is 0. The first kappa shape index (κ1) is 19.4. The minimum Gasteiger partial charge on any atom is -0.493 e. The fourth-order valence-electron chi connectivity index (χ4n) is 3.04. The number of fused-ring (bicyclic) bond motifs is 1. The predicted molar refractivity (Wildman–Crippen MR) is 105 cm³/mol. The third-order valence-electron chi connectivity index (χ3n) is 4.29. The van der Waals surface area contributed by atoms with Gasteiger partial charge in [-0.3, -0.25) is 4.79 Å². The highest BCUT2D eigenvalue weighted by atomic mass is 35.5. The summed E-state index contributed by atoms with van der Waals surface area (Å²) in [6, 6.07) is 10.9. The maximum atomic E-state index is 12.8. The molecule has 27 heavy (non-hydrogen) atoms. The highest BCUT2D eigenvalue weighted by Gasteiger charge is 2.24. The van der Waals surface area contributed by atoms with Crippen LogP contribution in [0.15, 0.2) is 36.4 Å². The molecule has 0 saturated carbocycles. The molecule has 144 valence electrons. The van der Waals surface area contributed by atoms with E-state index in [2.05, 4.69) is 5.32 Å². The van der Waals surface area contributed by atoms with E-state index in [1.165, 1.54) is 0 Å². The summed E-state index contributed by atoms with van der Waals surface area (Å²) in [6.07, 6.45) is 1.57. The van der Waals surface area contributed by atoms with Crippen molar-refractivity contribution in [3.05, 3.63) is 52.5 Å². The normalized spacial score (nSPS) is 15.4. The molecule has 0 radical (unpaired) electrons. The first-order chi connectivity index (χ1) is 13.1. The molecule has 2 aromatic carbocycles. The van der Waals surface area contributed by atoms with E-state index in [-0.39, 0.29) is 11.9 Å². The number of carbonyl (C=O) groups is 1. The molecule has 1 amide bonds. The van der Waals surface area contributed by atoms with Gasteiger partial charge in [0.1, 0.15) is 5.75 Å². The lowest BCUT2D eigenvalue weighted by Gasteiger charge is -2.26. The fraction of sp³-hybridized carbons (Fsp3) is 0.381. The molecule has 0 fully saturated rings. The molecule has 6 heteroatoms. The van der Waals surface area contributed by atoms with Gasteiger partial charge in [0, 0.05) is 17.5 Å². The summed E-state index contributed by atoms with van der Waals surface area (Å²) in [4.78, 5) is 12.8. The molecular weight excluding hydrogens is 366 g/mol. The molecule has 2 aromatic rings. The highest BCUT2D eigenvalue weighted by molar-refractivity contribution is 6.32. The van der Waals surface area contributed by atoms with Crippen LogP contribution in [0.25, 0.3) is 0 Å².